The summed E-state index contributed by atoms with van der Waals surface area (Å²) in [6, 6.07) is 8.58. The van der Waals surface area contributed by atoms with Gasteiger partial charge in [0.2, 0.25) is 0 Å². The second kappa shape index (κ2) is 5.81. The molecule has 1 heterocycles. The number of fused-ring (bicyclic) bond motifs is 1. The van der Waals surface area contributed by atoms with Crippen LogP contribution < -0.4 is 16.1 Å². The van der Waals surface area contributed by atoms with Gasteiger partial charge in [0.1, 0.15) is 0 Å². The number of aromatic nitrogens is 1. The molecule has 3 aromatic rings. The molecule has 3 rings (SSSR count). The van der Waals surface area contributed by atoms with E-state index in [9.17, 15) is 18.0 Å². The predicted octanol–water partition coefficient (Wildman–Crippen LogP) is 2.24. The second-order valence-electron chi connectivity index (χ2n) is 5.03. The first-order chi connectivity index (χ1) is 11.3. The van der Waals surface area contributed by atoms with Gasteiger partial charge in [0.25, 0.3) is 10.0 Å². The van der Waals surface area contributed by atoms with Crippen LogP contribution in [0.25, 0.3) is 10.9 Å². The minimum atomic E-state index is -3.95. The molecular weight excluding hydrogens is 356 g/mol. The molecule has 0 amide bonds. The van der Waals surface area contributed by atoms with Crippen molar-refractivity contribution in [1.29, 1.82) is 0 Å². The minimum absolute atomic E-state index is 0.0414. The van der Waals surface area contributed by atoms with Crippen molar-refractivity contribution in [3.63, 3.8) is 0 Å². The van der Waals surface area contributed by atoms with Gasteiger partial charge in [-0.1, -0.05) is 17.7 Å². The Kier molecular flexibility index (Phi) is 3.94. The topological polar surface area (TPSA) is 109 Å². The number of nitrogens with one attached hydrogen (secondary N) is 2. The van der Waals surface area contributed by atoms with E-state index >= 15 is 0 Å². The molecule has 0 saturated heterocycles. The lowest BCUT2D eigenvalue weighted by molar-refractivity contribution is 0.460. The Morgan fingerprint density at radius 3 is 2.67 bits per heavy atom. The van der Waals surface area contributed by atoms with Crippen molar-refractivity contribution in [2.45, 2.75) is 11.8 Å². The van der Waals surface area contributed by atoms with Gasteiger partial charge in [0.15, 0.2) is 0 Å². The van der Waals surface area contributed by atoms with E-state index in [1.807, 2.05) is 0 Å². The average Bonchev–Trinajstić information content (AvgIpc) is 2.51. The summed E-state index contributed by atoms with van der Waals surface area (Å²) in [4.78, 5) is 25.0. The molecule has 124 valence electrons. The Bertz CT molecular complexity index is 1160. The van der Waals surface area contributed by atoms with Crippen LogP contribution in [0.2, 0.25) is 5.02 Å². The number of benzene rings is 2. The summed E-state index contributed by atoms with van der Waals surface area (Å²) in [6.45, 7) is 1.68. The number of hydrogen-bond donors (Lipinski definition) is 2. The van der Waals surface area contributed by atoms with Gasteiger partial charge in [-0.3, -0.25) is 9.71 Å². The summed E-state index contributed by atoms with van der Waals surface area (Å²) in [5.74, 6) is -0.907. The number of aromatic amines is 1. The van der Waals surface area contributed by atoms with Gasteiger partial charge in [-0.25, -0.2) is 18.0 Å². The van der Waals surface area contributed by atoms with Crippen molar-refractivity contribution in [2.24, 2.45) is 0 Å². The Balaban J connectivity index is 2.10. The lowest BCUT2D eigenvalue weighted by atomic mass is 10.2. The first kappa shape index (κ1) is 16.3. The van der Waals surface area contributed by atoms with Gasteiger partial charge >= 0.3 is 11.4 Å². The zero-order valence-electron chi connectivity index (χ0n) is 12.3. The lowest BCUT2D eigenvalue weighted by Gasteiger charge is -2.11. The first-order valence-electron chi connectivity index (χ1n) is 6.73. The molecule has 1 aromatic heterocycles. The minimum Gasteiger partial charge on any atom is -0.372 e. The van der Waals surface area contributed by atoms with Crippen molar-refractivity contribution in [3.8, 4) is 0 Å². The van der Waals surface area contributed by atoms with Gasteiger partial charge in [0, 0.05) is 5.02 Å². The summed E-state index contributed by atoms with van der Waals surface area (Å²) in [5, 5.41) is 0.382. The van der Waals surface area contributed by atoms with E-state index in [0.29, 0.717) is 16.3 Å². The molecule has 0 spiro atoms. The van der Waals surface area contributed by atoms with E-state index in [2.05, 4.69) is 14.1 Å². The van der Waals surface area contributed by atoms with Crippen LogP contribution in [0.4, 0.5) is 5.69 Å². The van der Waals surface area contributed by atoms with Crippen molar-refractivity contribution >= 4 is 38.2 Å². The van der Waals surface area contributed by atoms with E-state index in [-0.39, 0.29) is 15.8 Å². The standard InChI is InChI=1S/C15H11ClN2O5S/c1-8-11(16)3-2-4-12(8)18-24(21,22)9-5-6-13-10(7-9)14(19)23-15(20)17-13/h2-7,18H,1H3,(H,17,20). The molecule has 0 fully saturated rings. The Morgan fingerprint density at radius 2 is 1.92 bits per heavy atom. The van der Waals surface area contributed by atoms with Gasteiger partial charge < -0.3 is 4.42 Å². The molecular formula is C15H11ClN2O5S. The number of halogens is 1. The monoisotopic (exact) mass is 366 g/mol. The van der Waals surface area contributed by atoms with Crippen molar-refractivity contribution in [3.05, 3.63) is 68.0 Å². The van der Waals surface area contributed by atoms with Gasteiger partial charge in [0.05, 0.1) is 21.5 Å². The second-order valence-corrected chi connectivity index (χ2v) is 7.12. The average molecular weight is 367 g/mol. The van der Waals surface area contributed by atoms with E-state index in [4.69, 9.17) is 11.6 Å². The molecule has 0 bridgehead atoms. The van der Waals surface area contributed by atoms with E-state index in [1.165, 1.54) is 12.1 Å². The third-order valence-electron chi connectivity index (χ3n) is 3.46. The van der Waals surface area contributed by atoms with Crippen molar-refractivity contribution in [1.82, 2.24) is 4.98 Å². The third-order valence-corrected chi connectivity index (χ3v) is 5.23. The molecule has 0 aliphatic carbocycles. The van der Waals surface area contributed by atoms with Crippen molar-refractivity contribution < 1.29 is 12.8 Å². The van der Waals surface area contributed by atoms with E-state index in [1.54, 1.807) is 25.1 Å². The van der Waals surface area contributed by atoms with Gasteiger partial charge in [-0.15, -0.1) is 0 Å². The van der Waals surface area contributed by atoms with Crippen molar-refractivity contribution in [2.75, 3.05) is 4.72 Å². The number of anilines is 1. The van der Waals surface area contributed by atoms with Crippen LogP contribution in [-0.2, 0) is 10.0 Å². The maximum Gasteiger partial charge on any atom is 0.419 e. The fraction of sp³-hybridized carbons (Fsp3) is 0.0667. The van der Waals surface area contributed by atoms with Crippen LogP contribution in [0.1, 0.15) is 5.56 Å². The molecule has 0 radical (unpaired) electrons. The van der Waals surface area contributed by atoms with Crippen LogP contribution in [0.15, 0.2) is 55.3 Å². The third kappa shape index (κ3) is 2.93. The summed E-state index contributed by atoms with van der Waals surface area (Å²) in [7, 11) is -3.95. The molecule has 2 N–H and O–H groups in total. The summed E-state index contributed by atoms with van der Waals surface area (Å²) >= 11 is 5.98. The maximum absolute atomic E-state index is 12.5. The van der Waals surface area contributed by atoms with Crippen LogP contribution in [0.5, 0.6) is 0 Å². The molecule has 0 aliphatic rings. The highest BCUT2D eigenvalue weighted by atomic mass is 35.5. The smallest absolute Gasteiger partial charge is 0.372 e. The molecule has 0 unspecified atom stereocenters. The quantitative estimate of drug-likeness (QED) is 0.738. The molecule has 0 atom stereocenters. The molecule has 7 nitrogen and oxygen atoms in total. The number of rotatable bonds is 3. The summed E-state index contributed by atoms with van der Waals surface area (Å²) < 4.78 is 31.9. The zero-order valence-corrected chi connectivity index (χ0v) is 13.9. The number of H-pyrrole nitrogens is 1. The van der Waals surface area contributed by atoms with E-state index < -0.39 is 21.4 Å². The van der Waals surface area contributed by atoms with Crippen LogP contribution in [0, 0.1) is 6.92 Å². The summed E-state index contributed by atoms with van der Waals surface area (Å²) in [5.41, 5.74) is 0.183. The lowest BCUT2D eigenvalue weighted by Crippen LogP contribution is -2.17. The first-order valence-corrected chi connectivity index (χ1v) is 8.59. The Labute approximate surface area is 140 Å². The largest absolute Gasteiger partial charge is 0.419 e. The van der Waals surface area contributed by atoms with Crippen LogP contribution in [0.3, 0.4) is 0 Å². The molecule has 0 aliphatic heterocycles. The Hall–Kier alpha value is -2.58. The van der Waals surface area contributed by atoms with Crippen LogP contribution in [-0.4, -0.2) is 13.4 Å². The number of sulfonamides is 1. The number of hydrogen-bond acceptors (Lipinski definition) is 5. The maximum atomic E-state index is 12.5. The van der Waals surface area contributed by atoms with Crippen LogP contribution >= 0.6 is 11.6 Å². The fourth-order valence-electron chi connectivity index (χ4n) is 2.16. The van der Waals surface area contributed by atoms with E-state index in [0.717, 1.165) is 6.07 Å². The normalized spacial score (nSPS) is 11.6. The molecule has 2 aromatic carbocycles. The zero-order chi connectivity index (χ0) is 17.5. The molecule has 9 heteroatoms. The Morgan fingerprint density at radius 1 is 1.17 bits per heavy atom. The highest BCUT2D eigenvalue weighted by molar-refractivity contribution is 7.92. The molecule has 24 heavy (non-hydrogen) atoms. The summed E-state index contributed by atoms with van der Waals surface area (Å²) in [6.07, 6.45) is 0. The fourth-order valence-corrected chi connectivity index (χ4v) is 3.49. The predicted molar refractivity (Wildman–Crippen MR) is 90.1 cm³/mol. The SMILES string of the molecule is Cc1c(Cl)cccc1NS(=O)(=O)c1ccc2[nH]c(=O)oc(=O)c2c1. The highest BCUT2D eigenvalue weighted by Gasteiger charge is 2.17. The molecule has 0 saturated carbocycles. The van der Waals surface area contributed by atoms with Gasteiger partial charge in [-0.05, 0) is 42.8 Å². The van der Waals surface area contributed by atoms with Gasteiger partial charge in [-0.2, -0.15) is 0 Å². The highest BCUT2D eigenvalue weighted by Crippen LogP contribution is 2.25.